The van der Waals surface area contributed by atoms with Crippen molar-refractivity contribution < 1.29 is 4.79 Å². The van der Waals surface area contributed by atoms with Gasteiger partial charge in [0.05, 0.1) is 5.56 Å². The molecule has 0 radical (unpaired) electrons. The quantitative estimate of drug-likeness (QED) is 0.761. The molecule has 0 heterocycles. The van der Waals surface area contributed by atoms with Gasteiger partial charge in [0, 0.05) is 24.0 Å². The molecule has 1 saturated carbocycles. The summed E-state index contributed by atoms with van der Waals surface area (Å²) in [5.41, 5.74) is 13.2. The molecule has 0 unspecified atom stereocenters. The van der Waals surface area contributed by atoms with E-state index in [1.54, 1.807) is 6.07 Å². The van der Waals surface area contributed by atoms with E-state index in [0.717, 1.165) is 18.7 Å². The van der Waals surface area contributed by atoms with Gasteiger partial charge in [0.1, 0.15) is 0 Å². The number of carbonyl (C=O) groups is 1. The van der Waals surface area contributed by atoms with Gasteiger partial charge in [-0.25, -0.2) is 0 Å². The third-order valence-corrected chi connectivity index (χ3v) is 3.05. The van der Waals surface area contributed by atoms with Crippen molar-refractivity contribution in [3.05, 3.63) is 23.8 Å². The van der Waals surface area contributed by atoms with Crippen LogP contribution in [-0.2, 0) is 0 Å². The topological polar surface area (TPSA) is 72.3 Å². The fraction of sp³-hybridized carbons (Fsp3) is 0.462. The van der Waals surface area contributed by atoms with Gasteiger partial charge in [-0.1, -0.05) is 6.92 Å². The molecule has 0 aromatic heterocycles. The van der Waals surface area contributed by atoms with Crippen LogP contribution in [0.4, 0.5) is 11.4 Å². The van der Waals surface area contributed by atoms with E-state index in [2.05, 4.69) is 11.8 Å². The fourth-order valence-electron chi connectivity index (χ4n) is 2.13. The van der Waals surface area contributed by atoms with Gasteiger partial charge in [-0.2, -0.15) is 0 Å². The maximum Gasteiger partial charge on any atom is 0.250 e. The van der Waals surface area contributed by atoms with Crippen molar-refractivity contribution in [1.82, 2.24) is 0 Å². The third kappa shape index (κ3) is 2.52. The zero-order chi connectivity index (χ0) is 12.4. The molecular weight excluding hydrogens is 214 g/mol. The Labute approximate surface area is 102 Å². The smallest absolute Gasteiger partial charge is 0.250 e. The van der Waals surface area contributed by atoms with Crippen LogP contribution in [0.5, 0.6) is 0 Å². The van der Waals surface area contributed by atoms with Crippen molar-refractivity contribution >= 4 is 17.3 Å². The Morgan fingerprint density at radius 2 is 2.18 bits per heavy atom. The SMILES string of the molecule is CCCN(c1ccc(N)cc1C(N)=O)C1CC1. The number of primary amides is 1. The summed E-state index contributed by atoms with van der Waals surface area (Å²) in [5, 5.41) is 0. The number of hydrogen-bond donors (Lipinski definition) is 2. The van der Waals surface area contributed by atoms with Gasteiger partial charge in [0.2, 0.25) is 0 Å². The van der Waals surface area contributed by atoms with Crippen molar-refractivity contribution in [2.45, 2.75) is 32.2 Å². The number of nitrogen functional groups attached to an aromatic ring is 1. The maximum atomic E-state index is 11.5. The Morgan fingerprint density at radius 3 is 2.71 bits per heavy atom. The van der Waals surface area contributed by atoms with Crippen LogP contribution in [-0.4, -0.2) is 18.5 Å². The molecule has 1 amide bonds. The zero-order valence-electron chi connectivity index (χ0n) is 10.1. The van der Waals surface area contributed by atoms with Gasteiger partial charge in [-0.05, 0) is 37.5 Å². The molecule has 0 atom stereocenters. The number of benzene rings is 1. The highest BCUT2D eigenvalue weighted by molar-refractivity contribution is 5.99. The molecule has 1 aliphatic carbocycles. The van der Waals surface area contributed by atoms with Crippen molar-refractivity contribution in [3.63, 3.8) is 0 Å². The van der Waals surface area contributed by atoms with Crippen LogP contribution < -0.4 is 16.4 Å². The second-order valence-corrected chi connectivity index (χ2v) is 4.57. The first kappa shape index (κ1) is 11.8. The van der Waals surface area contributed by atoms with E-state index in [1.165, 1.54) is 12.8 Å². The Bertz CT molecular complexity index is 427. The minimum Gasteiger partial charge on any atom is -0.399 e. The van der Waals surface area contributed by atoms with E-state index in [9.17, 15) is 4.79 Å². The van der Waals surface area contributed by atoms with Gasteiger partial charge in [-0.3, -0.25) is 4.79 Å². The van der Waals surface area contributed by atoms with Gasteiger partial charge >= 0.3 is 0 Å². The molecule has 1 aromatic rings. The van der Waals surface area contributed by atoms with Crippen LogP contribution in [0.25, 0.3) is 0 Å². The summed E-state index contributed by atoms with van der Waals surface area (Å²) >= 11 is 0. The van der Waals surface area contributed by atoms with Crippen LogP contribution >= 0.6 is 0 Å². The van der Waals surface area contributed by atoms with Crippen molar-refractivity contribution in [1.29, 1.82) is 0 Å². The summed E-state index contributed by atoms with van der Waals surface area (Å²) < 4.78 is 0. The first-order valence-electron chi connectivity index (χ1n) is 6.09. The second kappa shape index (κ2) is 4.65. The summed E-state index contributed by atoms with van der Waals surface area (Å²) in [5.74, 6) is -0.408. The lowest BCUT2D eigenvalue weighted by Gasteiger charge is -2.26. The molecule has 1 aliphatic rings. The maximum absolute atomic E-state index is 11.5. The Morgan fingerprint density at radius 1 is 1.47 bits per heavy atom. The number of nitrogens with zero attached hydrogens (tertiary/aromatic N) is 1. The molecule has 0 spiro atoms. The van der Waals surface area contributed by atoms with Gasteiger partial charge in [0.25, 0.3) is 5.91 Å². The monoisotopic (exact) mass is 233 g/mol. The predicted molar refractivity (Wildman–Crippen MR) is 70.0 cm³/mol. The molecule has 4 N–H and O–H groups in total. The zero-order valence-corrected chi connectivity index (χ0v) is 10.1. The summed E-state index contributed by atoms with van der Waals surface area (Å²) in [4.78, 5) is 13.7. The molecule has 0 bridgehead atoms. The van der Waals surface area contributed by atoms with Crippen LogP contribution in [0.3, 0.4) is 0 Å². The summed E-state index contributed by atoms with van der Waals surface area (Å²) in [7, 11) is 0. The average molecular weight is 233 g/mol. The van der Waals surface area contributed by atoms with Crippen LogP contribution in [0.1, 0.15) is 36.5 Å². The van der Waals surface area contributed by atoms with E-state index >= 15 is 0 Å². The molecule has 17 heavy (non-hydrogen) atoms. The fourth-order valence-corrected chi connectivity index (χ4v) is 2.13. The van der Waals surface area contributed by atoms with E-state index in [-0.39, 0.29) is 0 Å². The lowest BCUT2D eigenvalue weighted by atomic mass is 10.1. The molecule has 1 aromatic carbocycles. The molecule has 92 valence electrons. The summed E-state index contributed by atoms with van der Waals surface area (Å²) in [6.07, 6.45) is 3.45. The van der Waals surface area contributed by atoms with Gasteiger partial charge in [0.15, 0.2) is 0 Å². The number of amides is 1. The van der Waals surface area contributed by atoms with E-state index in [0.29, 0.717) is 17.3 Å². The highest BCUT2D eigenvalue weighted by Crippen LogP contribution is 2.34. The van der Waals surface area contributed by atoms with Crippen molar-refractivity contribution in [3.8, 4) is 0 Å². The molecular formula is C13H19N3O. The first-order valence-corrected chi connectivity index (χ1v) is 6.09. The molecule has 2 rings (SSSR count). The van der Waals surface area contributed by atoms with Gasteiger partial charge < -0.3 is 16.4 Å². The van der Waals surface area contributed by atoms with Crippen LogP contribution in [0.2, 0.25) is 0 Å². The van der Waals surface area contributed by atoms with Crippen molar-refractivity contribution in [2.24, 2.45) is 5.73 Å². The number of carbonyl (C=O) groups excluding carboxylic acids is 1. The molecule has 4 heteroatoms. The van der Waals surface area contributed by atoms with Crippen LogP contribution in [0.15, 0.2) is 18.2 Å². The highest BCUT2D eigenvalue weighted by Gasteiger charge is 2.30. The molecule has 0 aliphatic heterocycles. The Balaban J connectivity index is 2.37. The molecule has 4 nitrogen and oxygen atoms in total. The van der Waals surface area contributed by atoms with Gasteiger partial charge in [-0.15, -0.1) is 0 Å². The Kier molecular flexibility index (Phi) is 3.22. The normalized spacial score (nSPS) is 14.6. The van der Waals surface area contributed by atoms with E-state index in [4.69, 9.17) is 11.5 Å². The number of anilines is 2. The lowest BCUT2D eigenvalue weighted by Crippen LogP contribution is -2.29. The Hall–Kier alpha value is -1.71. The molecule has 1 fully saturated rings. The molecule has 0 saturated heterocycles. The lowest BCUT2D eigenvalue weighted by molar-refractivity contribution is 0.100. The number of nitrogens with two attached hydrogens (primary N) is 2. The number of rotatable bonds is 5. The second-order valence-electron chi connectivity index (χ2n) is 4.57. The van der Waals surface area contributed by atoms with Crippen molar-refractivity contribution in [2.75, 3.05) is 17.2 Å². The standard InChI is InChI=1S/C13H19N3O/c1-2-7-16(10-4-5-10)12-6-3-9(14)8-11(12)13(15)17/h3,6,8,10H,2,4-5,7,14H2,1H3,(H2,15,17). The minimum absolute atomic E-state index is 0.408. The highest BCUT2D eigenvalue weighted by atomic mass is 16.1. The number of hydrogen-bond acceptors (Lipinski definition) is 3. The van der Waals surface area contributed by atoms with Crippen LogP contribution in [0, 0.1) is 0 Å². The summed E-state index contributed by atoms with van der Waals surface area (Å²) in [6, 6.07) is 5.97. The largest absolute Gasteiger partial charge is 0.399 e. The van der Waals surface area contributed by atoms with E-state index in [1.807, 2.05) is 12.1 Å². The minimum atomic E-state index is -0.408. The van der Waals surface area contributed by atoms with E-state index < -0.39 is 5.91 Å². The average Bonchev–Trinajstić information content (AvgIpc) is 3.10. The predicted octanol–water partition coefficient (Wildman–Crippen LogP) is 1.75. The third-order valence-electron chi connectivity index (χ3n) is 3.05. The summed E-state index contributed by atoms with van der Waals surface area (Å²) in [6.45, 7) is 3.09. The first-order chi connectivity index (χ1) is 8.13.